The lowest BCUT2D eigenvalue weighted by Crippen LogP contribution is -2.30. The van der Waals surface area contributed by atoms with E-state index in [1.165, 1.54) is 6.42 Å². The monoisotopic (exact) mass is 426 g/mol. The molecule has 1 atom stereocenters. The molecule has 0 amide bonds. The molecule has 12 heteroatoms. The van der Waals surface area contributed by atoms with Gasteiger partial charge in [-0.3, -0.25) is 30.3 Å². The topological polar surface area (TPSA) is 179 Å². The van der Waals surface area contributed by atoms with Gasteiger partial charge >= 0.3 is 17.3 Å². The molecule has 0 radical (unpaired) electrons. The van der Waals surface area contributed by atoms with Crippen molar-refractivity contribution in [2.24, 2.45) is 0 Å². The maximum Gasteiger partial charge on any atom is 0.326 e. The minimum atomic E-state index is -1.32. The normalized spacial score (nSPS) is 11.6. The minimum absolute atomic E-state index is 0.107. The second-order valence-corrected chi connectivity index (χ2v) is 6.93. The lowest BCUT2D eigenvalue weighted by molar-refractivity contribution is -0.401. The van der Waals surface area contributed by atoms with Crippen molar-refractivity contribution in [3.8, 4) is 0 Å². The van der Waals surface area contributed by atoms with E-state index in [1.54, 1.807) is 0 Å². The van der Waals surface area contributed by atoms with Gasteiger partial charge in [0.25, 0.3) is 5.69 Å². The largest absolute Gasteiger partial charge is 0.480 e. The molecule has 1 aromatic rings. The van der Waals surface area contributed by atoms with Crippen LogP contribution in [0.5, 0.6) is 0 Å². The maximum atomic E-state index is 11.6. The van der Waals surface area contributed by atoms with Gasteiger partial charge in [0, 0.05) is 0 Å². The molecule has 2 N–H and O–H groups in total. The van der Waals surface area contributed by atoms with E-state index in [2.05, 4.69) is 12.2 Å². The molecule has 0 aliphatic carbocycles. The van der Waals surface area contributed by atoms with E-state index in [0.29, 0.717) is 18.6 Å². The van der Waals surface area contributed by atoms with E-state index in [4.69, 9.17) is 0 Å². The summed E-state index contributed by atoms with van der Waals surface area (Å²) in [6.45, 7) is 2.12. The number of unbranched alkanes of at least 4 members (excludes halogenated alkanes) is 7. The van der Waals surface area contributed by atoms with Crippen molar-refractivity contribution in [2.75, 3.05) is 5.32 Å². The molecule has 1 rings (SSSR count). The molecule has 0 heterocycles. The van der Waals surface area contributed by atoms with Crippen molar-refractivity contribution in [1.82, 2.24) is 0 Å². The molecule has 0 spiro atoms. The van der Waals surface area contributed by atoms with Crippen molar-refractivity contribution >= 4 is 28.7 Å². The van der Waals surface area contributed by atoms with Crippen molar-refractivity contribution in [2.45, 2.75) is 70.8 Å². The van der Waals surface area contributed by atoms with Crippen molar-refractivity contribution in [1.29, 1.82) is 0 Å². The van der Waals surface area contributed by atoms with E-state index in [9.17, 15) is 40.2 Å². The number of hydrogen-bond donors (Lipinski definition) is 2. The van der Waals surface area contributed by atoms with Crippen LogP contribution in [0.2, 0.25) is 0 Å². The number of rotatable bonds is 15. The highest BCUT2D eigenvalue weighted by Crippen LogP contribution is 2.39. The van der Waals surface area contributed by atoms with Gasteiger partial charge in [-0.2, -0.15) is 0 Å². The number of non-ortho nitro benzene ring substituents is 1. The molecule has 0 saturated carbocycles. The molecule has 0 aromatic heterocycles. The first kappa shape index (κ1) is 24.7. The number of hydrogen-bond acceptors (Lipinski definition) is 8. The Morgan fingerprint density at radius 3 is 1.77 bits per heavy atom. The summed E-state index contributed by atoms with van der Waals surface area (Å²) in [5, 5.41) is 45.3. The highest BCUT2D eigenvalue weighted by atomic mass is 16.6. The molecule has 0 fully saturated rings. The molecule has 12 nitrogen and oxygen atoms in total. The standard InChI is InChI=1S/C18H26N4O8/c1-2-3-4-5-6-7-8-9-10-14(18(23)24)19-17-15(21(27)28)11-13(20(25)26)12-16(17)22(29)30/h11-12,14,19H,2-10H2,1H3,(H,23,24). The van der Waals surface area contributed by atoms with E-state index < -0.39 is 49.5 Å². The van der Waals surface area contributed by atoms with Crippen LogP contribution in [-0.2, 0) is 4.79 Å². The third kappa shape index (κ3) is 7.60. The van der Waals surface area contributed by atoms with Crippen LogP contribution in [0, 0.1) is 30.3 Å². The summed E-state index contributed by atoms with van der Waals surface area (Å²) in [4.78, 5) is 42.1. The van der Waals surface area contributed by atoms with Gasteiger partial charge in [-0.15, -0.1) is 0 Å². The van der Waals surface area contributed by atoms with Gasteiger partial charge in [-0.05, 0) is 6.42 Å². The number of carbonyl (C=O) groups is 1. The summed E-state index contributed by atoms with van der Waals surface area (Å²) in [5.74, 6) is -1.32. The molecule has 0 aliphatic rings. The zero-order chi connectivity index (χ0) is 22.7. The van der Waals surface area contributed by atoms with Crippen LogP contribution < -0.4 is 5.32 Å². The van der Waals surface area contributed by atoms with E-state index >= 15 is 0 Å². The number of aliphatic carboxylic acids is 1. The Morgan fingerprint density at radius 2 is 1.37 bits per heavy atom. The molecular formula is C18H26N4O8. The van der Waals surface area contributed by atoms with Crippen molar-refractivity contribution < 1.29 is 24.7 Å². The van der Waals surface area contributed by atoms with Gasteiger partial charge in [0.15, 0.2) is 5.69 Å². The molecule has 1 unspecified atom stereocenters. The third-order valence-corrected chi connectivity index (χ3v) is 4.65. The Hall–Kier alpha value is -3.31. The number of nitrogens with zero attached hydrogens (tertiary/aromatic N) is 3. The summed E-state index contributed by atoms with van der Waals surface area (Å²) in [7, 11) is 0. The molecule has 1 aromatic carbocycles. The number of nitro benzene ring substituents is 3. The fraction of sp³-hybridized carbons (Fsp3) is 0.611. The van der Waals surface area contributed by atoms with Gasteiger partial charge in [-0.25, -0.2) is 4.79 Å². The summed E-state index contributed by atoms with van der Waals surface area (Å²) in [6, 6.07) is -0.154. The SMILES string of the molecule is CCCCCCCCCCC(Nc1c([N+](=O)[O-])cc([N+](=O)[O-])cc1[N+](=O)[O-])C(=O)O. The van der Waals surface area contributed by atoms with Gasteiger partial charge in [0.2, 0.25) is 0 Å². The first-order valence-corrected chi connectivity index (χ1v) is 9.79. The first-order chi connectivity index (χ1) is 14.2. The molecule has 30 heavy (non-hydrogen) atoms. The fourth-order valence-electron chi connectivity index (χ4n) is 3.05. The van der Waals surface area contributed by atoms with Crippen LogP contribution in [0.4, 0.5) is 22.7 Å². The Labute approximate surface area is 172 Å². The number of carboxylic acids is 1. The molecule has 0 saturated heterocycles. The number of benzene rings is 1. The maximum absolute atomic E-state index is 11.6. The Balaban J connectivity index is 2.92. The fourth-order valence-corrected chi connectivity index (χ4v) is 3.05. The number of nitrogens with one attached hydrogen (secondary N) is 1. The summed E-state index contributed by atoms with van der Waals surface area (Å²) >= 11 is 0. The Morgan fingerprint density at radius 1 is 0.900 bits per heavy atom. The van der Waals surface area contributed by atoms with Gasteiger partial charge in [0.05, 0.1) is 26.9 Å². The minimum Gasteiger partial charge on any atom is -0.480 e. The molecule has 0 aliphatic heterocycles. The van der Waals surface area contributed by atoms with Crippen molar-refractivity contribution in [3.63, 3.8) is 0 Å². The predicted molar refractivity (Wildman–Crippen MR) is 109 cm³/mol. The number of nitro groups is 3. The van der Waals surface area contributed by atoms with E-state index in [0.717, 1.165) is 38.5 Å². The molecule has 166 valence electrons. The van der Waals surface area contributed by atoms with Crippen LogP contribution in [0.3, 0.4) is 0 Å². The van der Waals surface area contributed by atoms with Crippen molar-refractivity contribution in [3.05, 3.63) is 42.5 Å². The van der Waals surface area contributed by atoms with Crippen LogP contribution in [0.25, 0.3) is 0 Å². The second kappa shape index (κ2) is 12.3. The Kier molecular flexibility index (Phi) is 10.1. The highest BCUT2D eigenvalue weighted by molar-refractivity contribution is 5.83. The van der Waals surface area contributed by atoms with Crippen LogP contribution >= 0.6 is 0 Å². The van der Waals surface area contributed by atoms with Crippen LogP contribution in [-0.4, -0.2) is 31.9 Å². The number of anilines is 1. The highest BCUT2D eigenvalue weighted by Gasteiger charge is 2.33. The molecule has 0 bridgehead atoms. The first-order valence-electron chi connectivity index (χ1n) is 9.79. The van der Waals surface area contributed by atoms with Crippen LogP contribution in [0.1, 0.15) is 64.7 Å². The summed E-state index contributed by atoms with van der Waals surface area (Å²) < 4.78 is 0. The predicted octanol–water partition coefficient (Wildman–Crippen LogP) is 4.81. The number of carboxylic acid groups (broad SMARTS) is 1. The average Bonchev–Trinajstić information content (AvgIpc) is 2.68. The van der Waals surface area contributed by atoms with Gasteiger partial charge < -0.3 is 10.4 Å². The summed E-state index contributed by atoms with van der Waals surface area (Å²) in [6.07, 6.45) is 7.94. The van der Waals surface area contributed by atoms with E-state index in [1.807, 2.05) is 0 Å². The molecular weight excluding hydrogens is 400 g/mol. The van der Waals surface area contributed by atoms with Gasteiger partial charge in [-0.1, -0.05) is 58.3 Å². The smallest absolute Gasteiger partial charge is 0.326 e. The van der Waals surface area contributed by atoms with Gasteiger partial charge in [0.1, 0.15) is 6.04 Å². The average molecular weight is 426 g/mol. The second-order valence-electron chi connectivity index (χ2n) is 6.93. The van der Waals surface area contributed by atoms with Crippen LogP contribution in [0.15, 0.2) is 12.1 Å². The third-order valence-electron chi connectivity index (χ3n) is 4.65. The summed E-state index contributed by atoms with van der Waals surface area (Å²) in [5.41, 5.74) is -3.31. The van der Waals surface area contributed by atoms with E-state index in [-0.39, 0.29) is 6.42 Å². The Bertz CT molecular complexity index is 748. The quantitative estimate of drug-likeness (QED) is 0.226. The lowest BCUT2D eigenvalue weighted by atomic mass is 10.0. The zero-order valence-corrected chi connectivity index (χ0v) is 16.7. The zero-order valence-electron chi connectivity index (χ0n) is 16.7. The lowest BCUT2D eigenvalue weighted by Gasteiger charge is -2.15.